The first kappa shape index (κ1) is 11.7. The number of hydrogen-bond acceptors (Lipinski definition) is 3. The Morgan fingerprint density at radius 1 is 0.947 bits per heavy atom. The molecule has 0 bridgehead atoms. The second-order valence-corrected chi connectivity index (χ2v) is 4.75. The maximum Gasteiger partial charge on any atom is 0.142 e. The third-order valence-corrected chi connectivity index (χ3v) is 3.59. The van der Waals surface area contributed by atoms with Crippen LogP contribution in [0.15, 0.2) is 42.5 Å². The van der Waals surface area contributed by atoms with Gasteiger partial charge in [-0.15, -0.1) is 0 Å². The van der Waals surface area contributed by atoms with Crippen molar-refractivity contribution in [2.45, 2.75) is 12.8 Å². The lowest BCUT2D eigenvalue weighted by Crippen LogP contribution is -2.27. The molecule has 0 aliphatic carbocycles. The van der Waals surface area contributed by atoms with Crippen LogP contribution >= 0.6 is 0 Å². The molecule has 1 aliphatic heterocycles. The molecule has 1 aromatic heterocycles. The fraction of sp³-hybridized carbons (Fsp3) is 0.250. The van der Waals surface area contributed by atoms with Gasteiger partial charge >= 0.3 is 0 Å². The van der Waals surface area contributed by atoms with Crippen molar-refractivity contribution in [2.24, 2.45) is 0 Å². The van der Waals surface area contributed by atoms with Crippen molar-refractivity contribution in [2.75, 3.05) is 18.0 Å². The molecule has 3 nitrogen and oxygen atoms in total. The summed E-state index contributed by atoms with van der Waals surface area (Å²) in [6, 6.07) is 16.3. The van der Waals surface area contributed by atoms with Crippen LogP contribution in [0, 0.1) is 11.3 Å². The summed E-state index contributed by atoms with van der Waals surface area (Å²) in [5.74, 6) is 0.909. The molecular formula is C16H15N3. The zero-order chi connectivity index (χ0) is 13.1. The molecule has 1 aromatic carbocycles. The number of pyridine rings is 1. The SMILES string of the molecule is N#Cc1cccc(N2CCc3ccccc3CC2)n1. The largest absolute Gasteiger partial charge is 0.356 e. The molecule has 0 unspecified atom stereocenters. The molecule has 0 fully saturated rings. The summed E-state index contributed by atoms with van der Waals surface area (Å²) in [6.07, 6.45) is 2.07. The summed E-state index contributed by atoms with van der Waals surface area (Å²) < 4.78 is 0. The lowest BCUT2D eigenvalue weighted by molar-refractivity contribution is 0.790. The number of anilines is 1. The molecule has 2 aromatic rings. The van der Waals surface area contributed by atoms with Crippen molar-refractivity contribution in [1.82, 2.24) is 4.98 Å². The summed E-state index contributed by atoms with van der Waals surface area (Å²) in [4.78, 5) is 6.65. The summed E-state index contributed by atoms with van der Waals surface area (Å²) in [5.41, 5.74) is 3.35. The topological polar surface area (TPSA) is 39.9 Å². The van der Waals surface area contributed by atoms with Crippen LogP contribution in [0.25, 0.3) is 0 Å². The number of rotatable bonds is 1. The van der Waals surface area contributed by atoms with Crippen molar-refractivity contribution >= 4 is 5.82 Å². The van der Waals surface area contributed by atoms with Crippen molar-refractivity contribution in [3.05, 3.63) is 59.3 Å². The molecule has 0 spiro atoms. The van der Waals surface area contributed by atoms with E-state index >= 15 is 0 Å². The van der Waals surface area contributed by atoms with Crippen LogP contribution in [0.1, 0.15) is 16.8 Å². The van der Waals surface area contributed by atoms with Crippen molar-refractivity contribution in [3.63, 3.8) is 0 Å². The Balaban J connectivity index is 1.84. The standard InChI is InChI=1S/C16H15N3/c17-12-15-6-3-7-16(18-15)19-10-8-13-4-1-2-5-14(13)9-11-19/h1-7H,8-11H2. The smallest absolute Gasteiger partial charge is 0.142 e. The third-order valence-electron chi connectivity index (χ3n) is 3.59. The molecule has 0 radical (unpaired) electrons. The molecule has 0 atom stereocenters. The average molecular weight is 249 g/mol. The highest BCUT2D eigenvalue weighted by atomic mass is 15.2. The van der Waals surface area contributed by atoms with Gasteiger partial charge in [0.05, 0.1) is 0 Å². The minimum atomic E-state index is 0.485. The maximum atomic E-state index is 8.93. The van der Waals surface area contributed by atoms with E-state index in [1.807, 2.05) is 12.1 Å². The summed E-state index contributed by atoms with van der Waals surface area (Å²) >= 11 is 0. The van der Waals surface area contributed by atoms with Crippen molar-refractivity contribution in [3.8, 4) is 6.07 Å². The quantitative estimate of drug-likeness (QED) is 0.779. The predicted molar refractivity (Wildman–Crippen MR) is 75.0 cm³/mol. The van der Waals surface area contributed by atoms with E-state index in [1.54, 1.807) is 6.07 Å². The van der Waals surface area contributed by atoms with E-state index in [1.165, 1.54) is 11.1 Å². The molecule has 3 heteroatoms. The first-order valence-electron chi connectivity index (χ1n) is 6.56. The number of benzene rings is 1. The maximum absolute atomic E-state index is 8.93. The first-order chi connectivity index (χ1) is 9.36. The highest BCUT2D eigenvalue weighted by Gasteiger charge is 2.14. The Kier molecular flexibility index (Phi) is 3.16. The Labute approximate surface area is 113 Å². The molecule has 0 saturated heterocycles. The molecule has 94 valence electrons. The van der Waals surface area contributed by atoms with Crippen LogP contribution in [0.2, 0.25) is 0 Å². The van der Waals surface area contributed by atoms with Crippen LogP contribution in [0.3, 0.4) is 0 Å². The Morgan fingerprint density at radius 2 is 1.63 bits per heavy atom. The lowest BCUT2D eigenvalue weighted by atomic mass is 10.0. The predicted octanol–water partition coefficient (Wildman–Crippen LogP) is 2.56. The van der Waals surface area contributed by atoms with Crippen LogP contribution in [0.4, 0.5) is 5.82 Å². The van der Waals surface area contributed by atoms with Crippen LogP contribution < -0.4 is 4.90 Å². The van der Waals surface area contributed by atoms with E-state index in [2.05, 4.69) is 40.2 Å². The highest BCUT2D eigenvalue weighted by molar-refractivity contribution is 5.43. The normalized spacial score (nSPS) is 14.4. The van der Waals surface area contributed by atoms with Crippen LogP contribution in [0.5, 0.6) is 0 Å². The second kappa shape index (κ2) is 5.11. The van der Waals surface area contributed by atoms with Gasteiger partial charge in [0.15, 0.2) is 0 Å². The summed E-state index contributed by atoms with van der Waals surface area (Å²) in [6.45, 7) is 1.91. The van der Waals surface area contributed by atoms with Gasteiger partial charge in [-0.3, -0.25) is 0 Å². The lowest BCUT2D eigenvalue weighted by Gasteiger charge is -2.21. The van der Waals surface area contributed by atoms with Gasteiger partial charge in [0.25, 0.3) is 0 Å². The Morgan fingerprint density at radius 3 is 2.26 bits per heavy atom. The molecule has 3 rings (SSSR count). The number of nitrogens with zero attached hydrogens (tertiary/aromatic N) is 3. The van der Waals surface area contributed by atoms with Gasteiger partial charge in [-0.25, -0.2) is 4.98 Å². The fourth-order valence-corrected chi connectivity index (χ4v) is 2.56. The van der Waals surface area contributed by atoms with Gasteiger partial charge in [-0.2, -0.15) is 5.26 Å². The van der Waals surface area contributed by atoms with E-state index in [0.717, 1.165) is 31.7 Å². The molecule has 2 heterocycles. The number of hydrogen-bond donors (Lipinski definition) is 0. The number of aromatic nitrogens is 1. The Bertz CT molecular complexity index is 601. The summed E-state index contributed by atoms with van der Waals surface area (Å²) in [5, 5.41) is 8.93. The van der Waals surface area contributed by atoms with Crippen molar-refractivity contribution < 1.29 is 0 Å². The monoisotopic (exact) mass is 249 g/mol. The molecule has 1 aliphatic rings. The molecule has 19 heavy (non-hydrogen) atoms. The third kappa shape index (κ3) is 2.43. The van der Waals surface area contributed by atoms with Gasteiger partial charge in [0, 0.05) is 13.1 Å². The zero-order valence-electron chi connectivity index (χ0n) is 10.7. The van der Waals surface area contributed by atoms with Gasteiger partial charge in [-0.1, -0.05) is 30.3 Å². The number of fused-ring (bicyclic) bond motifs is 1. The average Bonchev–Trinajstić information content (AvgIpc) is 2.70. The molecule has 0 amide bonds. The molecule has 0 saturated carbocycles. The minimum Gasteiger partial charge on any atom is -0.356 e. The van der Waals surface area contributed by atoms with Gasteiger partial charge < -0.3 is 4.90 Å². The zero-order valence-corrected chi connectivity index (χ0v) is 10.7. The van der Waals surface area contributed by atoms with E-state index in [-0.39, 0.29) is 0 Å². The van der Waals surface area contributed by atoms with E-state index in [9.17, 15) is 0 Å². The van der Waals surface area contributed by atoms with Crippen LogP contribution in [-0.4, -0.2) is 18.1 Å². The minimum absolute atomic E-state index is 0.485. The van der Waals surface area contributed by atoms with E-state index < -0.39 is 0 Å². The van der Waals surface area contributed by atoms with Crippen molar-refractivity contribution in [1.29, 1.82) is 5.26 Å². The van der Waals surface area contributed by atoms with Crippen LogP contribution in [-0.2, 0) is 12.8 Å². The van der Waals surface area contributed by atoms with Gasteiger partial charge in [-0.05, 0) is 36.1 Å². The van der Waals surface area contributed by atoms with E-state index in [0.29, 0.717) is 5.69 Å². The highest BCUT2D eigenvalue weighted by Crippen LogP contribution is 2.19. The van der Waals surface area contributed by atoms with E-state index in [4.69, 9.17) is 5.26 Å². The molecule has 0 N–H and O–H groups in total. The molecular weight excluding hydrogens is 234 g/mol. The van der Waals surface area contributed by atoms with Gasteiger partial charge in [0.2, 0.25) is 0 Å². The number of nitriles is 1. The fourth-order valence-electron chi connectivity index (χ4n) is 2.56. The Hall–Kier alpha value is -2.34. The summed E-state index contributed by atoms with van der Waals surface area (Å²) in [7, 11) is 0. The second-order valence-electron chi connectivity index (χ2n) is 4.75. The van der Waals surface area contributed by atoms with Gasteiger partial charge in [0.1, 0.15) is 17.6 Å². The first-order valence-corrected chi connectivity index (χ1v) is 6.56.